The SMILES string of the molecule is Cc1nn(Cc2ccccc2Cl)c(C)c1/C=C/C(=O)Nc1ccnn1CC(C)C. The van der Waals surface area contributed by atoms with Crippen LogP contribution in [0.15, 0.2) is 42.6 Å². The number of carbonyl (C=O) groups is 1. The molecule has 0 spiro atoms. The van der Waals surface area contributed by atoms with E-state index in [0.717, 1.165) is 34.1 Å². The van der Waals surface area contributed by atoms with Crippen LogP contribution in [0.2, 0.25) is 5.02 Å². The maximum Gasteiger partial charge on any atom is 0.249 e. The largest absolute Gasteiger partial charge is 0.307 e. The lowest BCUT2D eigenvalue weighted by molar-refractivity contribution is -0.111. The first-order valence-electron chi connectivity index (χ1n) is 9.63. The second-order valence-corrected chi connectivity index (χ2v) is 7.86. The lowest BCUT2D eigenvalue weighted by Gasteiger charge is -2.09. The van der Waals surface area contributed by atoms with Gasteiger partial charge in [0.25, 0.3) is 0 Å². The molecule has 2 heterocycles. The second kappa shape index (κ2) is 9.09. The van der Waals surface area contributed by atoms with Crippen LogP contribution in [-0.2, 0) is 17.9 Å². The average Bonchev–Trinajstić information content (AvgIpc) is 3.19. The number of rotatable bonds is 7. The minimum absolute atomic E-state index is 0.201. The number of aryl methyl sites for hydroxylation is 1. The summed E-state index contributed by atoms with van der Waals surface area (Å²) in [5, 5.41) is 12.5. The Bertz CT molecular complexity index is 1030. The van der Waals surface area contributed by atoms with E-state index in [2.05, 4.69) is 29.4 Å². The Hall–Kier alpha value is -2.86. The van der Waals surface area contributed by atoms with E-state index in [4.69, 9.17) is 11.6 Å². The summed E-state index contributed by atoms with van der Waals surface area (Å²) in [6, 6.07) is 9.53. The maximum atomic E-state index is 12.4. The Labute approximate surface area is 176 Å². The highest BCUT2D eigenvalue weighted by Gasteiger charge is 2.12. The molecule has 0 fully saturated rings. The zero-order chi connectivity index (χ0) is 21.0. The summed E-state index contributed by atoms with van der Waals surface area (Å²) in [6.07, 6.45) is 5.03. The number of nitrogens with zero attached hydrogens (tertiary/aromatic N) is 4. The number of carbonyl (C=O) groups excluding carboxylic acids is 1. The predicted molar refractivity (Wildman–Crippen MR) is 117 cm³/mol. The first kappa shape index (κ1) is 20.9. The Balaban J connectivity index is 1.72. The zero-order valence-corrected chi connectivity index (χ0v) is 17.9. The van der Waals surface area contributed by atoms with Gasteiger partial charge in [-0.1, -0.05) is 43.6 Å². The molecule has 0 aliphatic carbocycles. The highest BCUT2D eigenvalue weighted by atomic mass is 35.5. The lowest BCUT2D eigenvalue weighted by Crippen LogP contribution is -2.15. The number of amides is 1. The smallest absolute Gasteiger partial charge is 0.249 e. The zero-order valence-electron chi connectivity index (χ0n) is 17.2. The highest BCUT2D eigenvalue weighted by Crippen LogP contribution is 2.20. The summed E-state index contributed by atoms with van der Waals surface area (Å²) < 4.78 is 3.71. The lowest BCUT2D eigenvalue weighted by atomic mass is 10.1. The van der Waals surface area contributed by atoms with Crippen molar-refractivity contribution in [1.82, 2.24) is 19.6 Å². The summed E-state index contributed by atoms with van der Waals surface area (Å²) >= 11 is 6.27. The van der Waals surface area contributed by atoms with Crippen molar-refractivity contribution < 1.29 is 4.79 Å². The van der Waals surface area contributed by atoms with E-state index < -0.39 is 0 Å². The Morgan fingerprint density at radius 3 is 2.69 bits per heavy atom. The molecule has 0 atom stereocenters. The van der Waals surface area contributed by atoms with Gasteiger partial charge in [0.1, 0.15) is 5.82 Å². The van der Waals surface area contributed by atoms with Crippen molar-refractivity contribution >= 4 is 29.4 Å². The van der Waals surface area contributed by atoms with Gasteiger partial charge in [-0.3, -0.25) is 9.48 Å². The molecule has 1 aromatic carbocycles. The third-order valence-electron chi connectivity index (χ3n) is 4.62. The molecule has 0 aliphatic heterocycles. The molecule has 3 aromatic rings. The van der Waals surface area contributed by atoms with E-state index in [-0.39, 0.29) is 5.91 Å². The Morgan fingerprint density at radius 1 is 1.21 bits per heavy atom. The number of benzene rings is 1. The van der Waals surface area contributed by atoms with Gasteiger partial charge >= 0.3 is 0 Å². The third kappa shape index (κ3) is 5.15. The van der Waals surface area contributed by atoms with Gasteiger partial charge in [-0.2, -0.15) is 10.2 Å². The fourth-order valence-electron chi connectivity index (χ4n) is 3.15. The van der Waals surface area contributed by atoms with Gasteiger partial charge in [0, 0.05) is 35.0 Å². The molecule has 0 saturated carbocycles. The molecular formula is C22H26ClN5O. The molecule has 1 N–H and O–H groups in total. The van der Waals surface area contributed by atoms with Crippen molar-refractivity contribution in [2.45, 2.75) is 40.8 Å². The number of aromatic nitrogens is 4. The number of anilines is 1. The van der Waals surface area contributed by atoms with E-state index in [9.17, 15) is 4.79 Å². The predicted octanol–water partition coefficient (Wildman–Crippen LogP) is 4.71. The van der Waals surface area contributed by atoms with Crippen LogP contribution in [-0.4, -0.2) is 25.5 Å². The maximum absolute atomic E-state index is 12.4. The molecule has 7 heteroatoms. The summed E-state index contributed by atoms with van der Waals surface area (Å²) in [5.41, 5.74) is 3.79. The molecule has 2 aromatic heterocycles. The summed E-state index contributed by atoms with van der Waals surface area (Å²) in [4.78, 5) is 12.4. The van der Waals surface area contributed by atoms with Crippen LogP contribution in [0.1, 0.15) is 36.4 Å². The van der Waals surface area contributed by atoms with Crippen molar-refractivity contribution in [3.05, 3.63) is 70.1 Å². The Kier molecular flexibility index (Phi) is 6.54. The van der Waals surface area contributed by atoms with E-state index in [1.807, 2.05) is 42.8 Å². The topological polar surface area (TPSA) is 64.7 Å². The normalized spacial score (nSPS) is 11.5. The third-order valence-corrected chi connectivity index (χ3v) is 4.99. The first-order chi connectivity index (χ1) is 13.8. The minimum atomic E-state index is -0.201. The quantitative estimate of drug-likeness (QED) is 0.573. The highest BCUT2D eigenvalue weighted by molar-refractivity contribution is 6.31. The minimum Gasteiger partial charge on any atom is -0.307 e. The first-order valence-corrected chi connectivity index (χ1v) is 10.0. The fourth-order valence-corrected chi connectivity index (χ4v) is 3.35. The molecule has 0 unspecified atom stereocenters. The van der Waals surface area contributed by atoms with Crippen LogP contribution in [0.3, 0.4) is 0 Å². The van der Waals surface area contributed by atoms with Gasteiger partial charge in [0.05, 0.1) is 18.4 Å². The molecular weight excluding hydrogens is 386 g/mol. The fraction of sp³-hybridized carbons (Fsp3) is 0.318. The molecule has 0 bridgehead atoms. The van der Waals surface area contributed by atoms with Gasteiger partial charge in [-0.05, 0) is 37.5 Å². The molecule has 3 rings (SSSR count). The van der Waals surface area contributed by atoms with Gasteiger partial charge in [-0.25, -0.2) is 4.68 Å². The summed E-state index contributed by atoms with van der Waals surface area (Å²) in [5.74, 6) is 0.930. The van der Waals surface area contributed by atoms with Crippen molar-refractivity contribution in [2.75, 3.05) is 5.32 Å². The number of hydrogen-bond acceptors (Lipinski definition) is 3. The standard InChI is InChI=1S/C22H26ClN5O/c1-15(2)13-28-21(11-12-24-28)25-22(29)10-9-19-16(3)26-27(17(19)4)14-18-7-5-6-8-20(18)23/h5-12,15H,13-14H2,1-4H3,(H,25,29)/b10-9+. The van der Waals surface area contributed by atoms with Crippen molar-refractivity contribution in [2.24, 2.45) is 5.92 Å². The van der Waals surface area contributed by atoms with Gasteiger partial charge in [0.2, 0.25) is 5.91 Å². The molecule has 0 saturated heterocycles. The van der Waals surface area contributed by atoms with Crippen LogP contribution in [0.25, 0.3) is 6.08 Å². The average molecular weight is 412 g/mol. The van der Waals surface area contributed by atoms with Crippen molar-refractivity contribution in [3.63, 3.8) is 0 Å². The van der Waals surface area contributed by atoms with Gasteiger partial charge in [-0.15, -0.1) is 0 Å². The molecule has 1 amide bonds. The molecule has 152 valence electrons. The van der Waals surface area contributed by atoms with Crippen molar-refractivity contribution in [3.8, 4) is 0 Å². The van der Waals surface area contributed by atoms with Gasteiger partial charge in [0.15, 0.2) is 0 Å². The Morgan fingerprint density at radius 2 is 1.97 bits per heavy atom. The van der Waals surface area contributed by atoms with Crippen LogP contribution in [0.4, 0.5) is 5.82 Å². The summed E-state index contributed by atoms with van der Waals surface area (Å²) in [7, 11) is 0. The van der Waals surface area contributed by atoms with Crippen LogP contribution < -0.4 is 5.32 Å². The number of halogens is 1. The van der Waals surface area contributed by atoms with E-state index >= 15 is 0 Å². The van der Waals surface area contributed by atoms with Gasteiger partial charge < -0.3 is 5.32 Å². The number of hydrogen-bond donors (Lipinski definition) is 1. The summed E-state index contributed by atoms with van der Waals surface area (Å²) in [6.45, 7) is 9.48. The van der Waals surface area contributed by atoms with E-state index in [1.54, 1.807) is 23.0 Å². The van der Waals surface area contributed by atoms with E-state index in [1.165, 1.54) is 6.08 Å². The molecule has 29 heavy (non-hydrogen) atoms. The van der Waals surface area contributed by atoms with Crippen LogP contribution in [0.5, 0.6) is 0 Å². The van der Waals surface area contributed by atoms with Crippen LogP contribution >= 0.6 is 11.6 Å². The second-order valence-electron chi connectivity index (χ2n) is 7.45. The molecule has 6 nitrogen and oxygen atoms in total. The van der Waals surface area contributed by atoms with Crippen LogP contribution in [0, 0.1) is 19.8 Å². The van der Waals surface area contributed by atoms with E-state index in [0.29, 0.717) is 18.3 Å². The number of nitrogens with one attached hydrogen (secondary N) is 1. The molecule has 0 aliphatic rings. The van der Waals surface area contributed by atoms with Crippen molar-refractivity contribution in [1.29, 1.82) is 0 Å². The molecule has 0 radical (unpaired) electrons. The monoisotopic (exact) mass is 411 g/mol.